The summed E-state index contributed by atoms with van der Waals surface area (Å²) in [5, 5.41) is 14.0. The minimum absolute atomic E-state index is 0.00704. The molecule has 1 aromatic carbocycles. The predicted octanol–water partition coefficient (Wildman–Crippen LogP) is 3.51. The van der Waals surface area contributed by atoms with Crippen molar-refractivity contribution in [1.82, 2.24) is 4.98 Å². The summed E-state index contributed by atoms with van der Waals surface area (Å²) in [7, 11) is 0. The summed E-state index contributed by atoms with van der Waals surface area (Å²) in [4.78, 5) is 26.7. The van der Waals surface area contributed by atoms with Crippen LogP contribution in [-0.2, 0) is 0 Å². The molecule has 1 aromatic heterocycles. The Hall–Kier alpha value is -2.47. The fraction of sp³-hybridized carbons (Fsp3) is 0.143. The number of nitro groups is 1. The molecule has 1 N–H and O–H groups in total. The Bertz CT molecular complexity index is 731. The molecule has 0 bridgehead atoms. The molecule has 0 radical (unpaired) electrons. The Kier molecular flexibility index (Phi) is 4.18. The lowest BCUT2D eigenvalue weighted by Crippen LogP contribution is -2.14. The van der Waals surface area contributed by atoms with Crippen LogP contribution in [0.3, 0.4) is 0 Å². The van der Waals surface area contributed by atoms with E-state index in [1.165, 1.54) is 12.3 Å². The van der Waals surface area contributed by atoms with Crippen molar-refractivity contribution in [3.63, 3.8) is 0 Å². The number of amides is 1. The first-order chi connectivity index (χ1) is 9.90. The van der Waals surface area contributed by atoms with Crippen LogP contribution in [0.2, 0.25) is 5.15 Å². The molecule has 7 heteroatoms. The number of pyridine rings is 1. The predicted molar refractivity (Wildman–Crippen MR) is 79.8 cm³/mol. The maximum Gasteiger partial charge on any atom is 0.285 e. The largest absolute Gasteiger partial charge is 0.320 e. The lowest BCUT2D eigenvalue weighted by molar-refractivity contribution is -0.385. The number of aromatic nitrogens is 1. The average molecular weight is 306 g/mol. The van der Waals surface area contributed by atoms with Crippen molar-refractivity contribution < 1.29 is 9.72 Å². The highest BCUT2D eigenvalue weighted by Gasteiger charge is 2.22. The zero-order chi connectivity index (χ0) is 15.6. The van der Waals surface area contributed by atoms with Gasteiger partial charge in [-0.3, -0.25) is 14.9 Å². The third kappa shape index (κ3) is 3.17. The van der Waals surface area contributed by atoms with Gasteiger partial charge in [0.1, 0.15) is 10.7 Å². The maximum absolute atomic E-state index is 12.2. The van der Waals surface area contributed by atoms with Gasteiger partial charge in [-0.2, -0.15) is 0 Å². The van der Waals surface area contributed by atoms with Gasteiger partial charge in [-0.05, 0) is 31.5 Å². The highest BCUT2D eigenvalue weighted by atomic mass is 35.5. The zero-order valence-corrected chi connectivity index (χ0v) is 12.1. The number of carbonyl (C=O) groups excluding carboxylic acids is 1. The Balaban J connectivity index is 2.35. The molecule has 0 saturated carbocycles. The van der Waals surface area contributed by atoms with Crippen LogP contribution < -0.4 is 5.32 Å². The second-order valence-electron chi connectivity index (χ2n) is 4.51. The summed E-state index contributed by atoms with van der Waals surface area (Å²) in [5.41, 5.74) is 1.37. The molecule has 1 heterocycles. The highest BCUT2D eigenvalue weighted by Crippen LogP contribution is 2.24. The van der Waals surface area contributed by atoms with E-state index in [-0.39, 0.29) is 11.3 Å². The van der Waals surface area contributed by atoms with Crippen molar-refractivity contribution in [2.75, 3.05) is 5.32 Å². The third-order valence-corrected chi connectivity index (χ3v) is 3.33. The second kappa shape index (κ2) is 5.88. The van der Waals surface area contributed by atoms with Gasteiger partial charge in [0, 0.05) is 5.56 Å². The average Bonchev–Trinajstić information content (AvgIpc) is 2.42. The molecule has 0 aliphatic rings. The first kappa shape index (κ1) is 14.9. The minimum Gasteiger partial charge on any atom is -0.320 e. The van der Waals surface area contributed by atoms with Gasteiger partial charge >= 0.3 is 0 Å². The number of benzene rings is 1. The number of nitrogens with one attached hydrogen (secondary N) is 1. The molecule has 0 atom stereocenters. The molecule has 21 heavy (non-hydrogen) atoms. The van der Waals surface area contributed by atoms with Crippen LogP contribution in [0.4, 0.5) is 11.4 Å². The smallest absolute Gasteiger partial charge is 0.285 e. The van der Waals surface area contributed by atoms with Crippen molar-refractivity contribution in [3.05, 3.63) is 62.4 Å². The van der Waals surface area contributed by atoms with Gasteiger partial charge in [-0.25, -0.2) is 4.98 Å². The number of aryl methyl sites for hydroxylation is 2. The Labute approximate surface area is 125 Å². The first-order valence-corrected chi connectivity index (χ1v) is 6.45. The van der Waals surface area contributed by atoms with Gasteiger partial charge in [-0.15, -0.1) is 0 Å². The number of nitro benzene ring substituents is 1. The van der Waals surface area contributed by atoms with Gasteiger partial charge in [0.05, 0.1) is 16.8 Å². The van der Waals surface area contributed by atoms with Crippen LogP contribution in [0, 0.1) is 24.0 Å². The normalized spacial score (nSPS) is 10.2. The van der Waals surface area contributed by atoms with Gasteiger partial charge in [0.2, 0.25) is 0 Å². The van der Waals surface area contributed by atoms with Crippen LogP contribution in [-0.4, -0.2) is 15.8 Å². The van der Waals surface area contributed by atoms with Crippen LogP contribution in [0.5, 0.6) is 0 Å². The van der Waals surface area contributed by atoms with Crippen LogP contribution in [0.25, 0.3) is 0 Å². The minimum atomic E-state index is -0.561. The second-order valence-corrected chi connectivity index (χ2v) is 4.87. The van der Waals surface area contributed by atoms with Crippen molar-refractivity contribution in [2.24, 2.45) is 0 Å². The Morgan fingerprint density at radius 2 is 2.05 bits per heavy atom. The van der Waals surface area contributed by atoms with Crippen molar-refractivity contribution in [3.8, 4) is 0 Å². The number of halogens is 1. The van der Waals surface area contributed by atoms with Gasteiger partial charge in [0.15, 0.2) is 0 Å². The lowest BCUT2D eigenvalue weighted by Gasteiger charge is -2.08. The molecule has 2 aromatic rings. The van der Waals surface area contributed by atoms with Crippen LogP contribution >= 0.6 is 11.6 Å². The van der Waals surface area contributed by atoms with Gasteiger partial charge in [0.25, 0.3) is 11.6 Å². The molecule has 0 aliphatic heterocycles. The summed E-state index contributed by atoms with van der Waals surface area (Å²) < 4.78 is 0. The number of para-hydroxylation sites is 1. The topological polar surface area (TPSA) is 85.1 Å². The summed E-state index contributed by atoms with van der Waals surface area (Å²) >= 11 is 5.81. The SMILES string of the molecule is Cc1cc(NC(=O)c2cccc(C)c2[N+](=O)[O-])cnc1Cl. The summed E-state index contributed by atoms with van der Waals surface area (Å²) in [6.07, 6.45) is 1.40. The number of anilines is 1. The Morgan fingerprint density at radius 3 is 2.67 bits per heavy atom. The number of rotatable bonds is 3. The molecule has 0 unspecified atom stereocenters. The quantitative estimate of drug-likeness (QED) is 0.534. The molecule has 2 rings (SSSR count). The summed E-state index contributed by atoms with van der Waals surface area (Å²) in [6.45, 7) is 3.34. The van der Waals surface area contributed by atoms with Crippen LogP contribution in [0.1, 0.15) is 21.5 Å². The summed E-state index contributed by atoms with van der Waals surface area (Å²) in [5.74, 6) is -0.561. The van der Waals surface area contributed by atoms with Crippen LogP contribution in [0.15, 0.2) is 30.5 Å². The van der Waals surface area contributed by atoms with E-state index in [9.17, 15) is 14.9 Å². The fourth-order valence-corrected chi connectivity index (χ4v) is 2.01. The molecule has 108 valence electrons. The standard InChI is InChI=1S/C14H12ClN3O3/c1-8-4-3-5-11(12(8)18(20)21)14(19)17-10-6-9(2)13(15)16-7-10/h3-7H,1-2H3,(H,17,19). The number of hydrogen-bond acceptors (Lipinski definition) is 4. The van der Waals surface area contributed by atoms with E-state index in [0.29, 0.717) is 22.0 Å². The molecule has 0 spiro atoms. The lowest BCUT2D eigenvalue weighted by atomic mass is 10.1. The first-order valence-electron chi connectivity index (χ1n) is 6.07. The van der Waals surface area contributed by atoms with E-state index < -0.39 is 10.8 Å². The number of carbonyl (C=O) groups is 1. The van der Waals surface area contributed by atoms with Crippen molar-refractivity contribution in [2.45, 2.75) is 13.8 Å². The summed E-state index contributed by atoms with van der Waals surface area (Å²) in [6, 6.07) is 6.25. The molecule has 0 fully saturated rings. The van der Waals surface area contributed by atoms with E-state index in [0.717, 1.165) is 0 Å². The molecule has 6 nitrogen and oxygen atoms in total. The Morgan fingerprint density at radius 1 is 1.33 bits per heavy atom. The van der Waals surface area contributed by atoms with Crippen molar-refractivity contribution >= 4 is 28.9 Å². The van der Waals surface area contributed by atoms with E-state index in [2.05, 4.69) is 10.3 Å². The van der Waals surface area contributed by atoms with Gasteiger partial charge < -0.3 is 5.32 Å². The van der Waals surface area contributed by atoms with E-state index >= 15 is 0 Å². The molecular formula is C14H12ClN3O3. The number of nitrogens with zero attached hydrogens (tertiary/aromatic N) is 2. The van der Waals surface area contributed by atoms with E-state index in [1.807, 2.05) is 0 Å². The zero-order valence-electron chi connectivity index (χ0n) is 11.4. The van der Waals surface area contributed by atoms with E-state index in [4.69, 9.17) is 11.6 Å². The highest BCUT2D eigenvalue weighted by molar-refractivity contribution is 6.30. The van der Waals surface area contributed by atoms with E-state index in [1.54, 1.807) is 32.0 Å². The fourth-order valence-electron chi connectivity index (χ4n) is 1.91. The third-order valence-electron chi connectivity index (χ3n) is 2.94. The molecule has 1 amide bonds. The maximum atomic E-state index is 12.2. The molecular weight excluding hydrogens is 294 g/mol. The molecule has 0 saturated heterocycles. The monoisotopic (exact) mass is 305 g/mol. The van der Waals surface area contributed by atoms with Gasteiger partial charge in [-0.1, -0.05) is 23.7 Å². The molecule has 0 aliphatic carbocycles. The van der Waals surface area contributed by atoms with Crippen molar-refractivity contribution in [1.29, 1.82) is 0 Å². The number of hydrogen-bond donors (Lipinski definition) is 1.